The first-order chi connectivity index (χ1) is 7.56. The number of nitrogens with two attached hydrogens (primary N) is 1. The van der Waals surface area contributed by atoms with E-state index in [0.29, 0.717) is 28.0 Å². The summed E-state index contributed by atoms with van der Waals surface area (Å²) in [6.07, 6.45) is 0. The van der Waals surface area contributed by atoms with Crippen LogP contribution in [0.15, 0.2) is 33.6 Å². The fourth-order valence-corrected chi connectivity index (χ4v) is 1.96. The van der Waals surface area contributed by atoms with Gasteiger partial charge in [-0.15, -0.1) is 0 Å². The van der Waals surface area contributed by atoms with Crippen molar-refractivity contribution in [1.82, 2.24) is 0 Å². The van der Waals surface area contributed by atoms with Crippen LogP contribution in [-0.2, 0) is 0 Å². The molecule has 0 aliphatic carbocycles. The molecule has 1 heterocycles. The predicted octanol–water partition coefficient (Wildman–Crippen LogP) is 3.77. The van der Waals surface area contributed by atoms with Gasteiger partial charge in [0.15, 0.2) is 0 Å². The van der Waals surface area contributed by atoms with Crippen LogP contribution in [0.25, 0.3) is 11.0 Å². The Morgan fingerprint density at radius 3 is 2.69 bits per heavy atom. The lowest BCUT2D eigenvalue weighted by Gasteiger charge is -1.99. The number of alkyl halides is 2. The van der Waals surface area contributed by atoms with Crippen LogP contribution in [0.3, 0.4) is 0 Å². The molecule has 0 aliphatic rings. The van der Waals surface area contributed by atoms with Gasteiger partial charge in [0.05, 0.1) is 6.04 Å². The Hall–Kier alpha value is -1.07. The maximum Gasteiger partial charge on any atom is 0.288 e. The van der Waals surface area contributed by atoms with Gasteiger partial charge in [-0.3, -0.25) is 0 Å². The quantitative estimate of drug-likeness (QED) is 0.834. The van der Waals surface area contributed by atoms with E-state index in [9.17, 15) is 8.78 Å². The van der Waals surface area contributed by atoms with E-state index in [-0.39, 0.29) is 6.04 Å². The summed E-state index contributed by atoms with van der Waals surface area (Å²) >= 11 is 0.506. The molecule has 16 heavy (non-hydrogen) atoms. The molecule has 2 nitrogen and oxygen atoms in total. The van der Waals surface area contributed by atoms with Gasteiger partial charge in [-0.1, -0.05) is 11.8 Å². The second-order valence-corrected chi connectivity index (χ2v) is 4.58. The minimum Gasteiger partial charge on any atom is -0.459 e. The van der Waals surface area contributed by atoms with Crippen molar-refractivity contribution in [3.63, 3.8) is 0 Å². The second kappa shape index (κ2) is 4.43. The number of rotatable bonds is 3. The average Bonchev–Trinajstić information content (AvgIpc) is 2.59. The SMILES string of the molecule is CC(N)c1cc2ccc(SC(F)F)cc2o1. The minimum absolute atomic E-state index is 0.196. The molecule has 1 unspecified atom stereocenters. The topological polar surface area (TPSA) is 39.2 Å². The summed E-state index contributed by atoms with van der Waals surface area (Å²) in [5, 5.41) is 0.880. The van der Waals surface area contributed by atoms with Gasteiger partial charge in [0, 0.05) is 10.3 Å². The highest BCUT2D eigenvalue weighted by Crippen LogP contribution is 2.30. The van der Waals surface area contributed by atoms with Crippen molar-refractivity contribution < 1.29 is 13.2 Å². The molecule has 0 amide bonds. The van der Waals surface area contributed by atoms with E-state index < -0.39 is 5.76 Å². The summed E-state index contributed by atoms with van der Waals surface area (Å²) in [6.45, 7) is 1.81. The standard InChI is InChI=1S/C11H11F2NOS/c1-6(14)9-4-7-2-3-8(16-11(12)13)5-10(7)15-9/h2-6,11H,14H2,1H3. The van der Waals surface area contributed by atoms with Crippen molar-refractivity contribution in [2.45, 2.75) is 23.6 Å². The van der Waals surface area contributed by atoms with Crippen molar-refractivity contribution in [2.75, 3.05) is 0 Å². The number of furan rings is 1. The largest absolute Gasteiger partial charge is 0.459 e. The minimum atomic E-state index is -2.42. The lowest BCUT2D eigenvalue weighted by atomic mass is 10.2. The molecule has 2 N–H and O–H groups in total. The Bertz CT molecular complexity index is 496. The summed E-state index contributed by atoms with van der Waals surface area (Å²) in [5.41, 5.74) is 6.27. The van der Waals surface area contributed by atoms with E-state index in [0.717, 1.165) is 5.39 Å². The van der Waals surface area contributed by atoms with Crippen LogP contribution in [-0.4, -0.2) is 5.76 Å². The highest BCUT2D eigenvalue weighted by molar-refractivity contribution is 7.99. The Kier molecular flexibility index (Phi) is 3.16. The summed E-state index contributed by atoms with van der Waals surface area (Å²) in [4.78, 5) is 0.494. The zero-order valence-corrected chi connectivity index (χ0v) is 9.43. The van der Waals surface area contributed by atoms with Crippen molar-refractivity contribution in [2.24, 2.45) is 5.73 Å². The molecule has 0 saturated carbocycles. The number of thioether (sulfide) groups is 1. The third-order valence-corrected chi connectivity index (χ3v) is 2.89. The first-order valence-corrected chi connectivity index (χ1v) is 5.68. The van der Waals surface area contributed by atoms with Gasteiger partial charge in [0.25, 0.3) is 5.76 Å². The van der Waals surface area contributed by atoms with Gasteiger partial charge in [-0.2, -0.15) is 8.78 Å². The summed E-state index contributed by atoms with van der Waals surface area (Å²) in [7, 11) is 0. The lowest BCUT2D eigenvalue weighted by Crippen LogP contribution is -2.02. The molecule has 0 radical (unpaired) electrons. The van der Waals surface area contributed by atoms with Gasteiger partial charge in [0.2, 0.25) is 0 Å². The Balaban J connectivity index is 2.38. The first kappa shape index (κ1) is 11.4. The van der Waals surface area contributed by atoms with Crippen LogP contribution in [0, 0.1) is 0 Å². The number of fused-ring (bicyclic) bond motifs is 1. The van der Waals surface area contributed by atoms with Crippen molar-refractivity contribution in [1.29, 1.82) is 0 Å². The van der Waals surface area contributed by atoms with Crippen LogP contribution in [0.1, 0.15) is 18.7 Å². The molecule has 5 heteroatoms. The van der Waals surface area contributed by atoms with E-state index in [1.165, 1.54) is 0 Å². The number of halogens is 2. The zero-order valence-electron chi connectivity index (χ0n) is 8.61. The molecule has 2 rings (SSSR count). The van der Waals surface area contributed by atoms with Gasteiger partial charge in [-0.05, 0) is 31.2 Å². The fourth-order valence-electron chi connectivity index (χ4n) is 1.43. The van der Waals surface area contributed by atoms with Crippen LogP contribution in [0.4, 0.5) is 8.78 Å². The molecule has 1 aromatic heterocycles. The van der Waals surface area contributed by atoms with E-state index in [2.05, 4.69) is 0 Å². The van der Waals surface area contributed by atoms with Gasteiger partial charge >= 0.3 is 0 Å². The summed E-state index contributed by atoms with van der Waals surface area (Å²) < 4.78 is 29.8. The maximum absolute atomic E-state index is 12.2. The van der Waals surface area contributed by atoms with E-state index in [1.807, 2.05) is 13.0 Å². The highest BCUT2D eigenvalue weighted by atomic mass is 32.2. The number of hydrogen-bond donors (Lipinski definition) is 1. The van der Waals surface area contributed by atoms with E-state index in [4.69, 9.17) is 10.2 Å². The second-order valence-electron chi connectivity index (χ2n) is 3.52. The van der Waals surface area contributed by atoms with E-state index >= 15 is 0 Å². The van der Waals surface area contributed by atoms with Crippen molar-refractivity contribution in [3.8, 4) is 0 Å². The van der Waals surface area contributed by atoms with Crippen LogP contribution < -0.4 is 5.73 Å². The zero-order chi connectivity index (χ0) is 11.7. The average molecular weight is 243 g/mol. The first-order valence-electron chi connectivity index (χ1n) is 4.80. The summed E-state index contributed by atoms with van der Waals surface area (Å²) in [6, 6.07) is 6.66. The third-order valence-electron chi connectivity index (χ3n) is 2.18. The number of benzene rings is 1. The van der Waals surface area contributed by atoms with Crippen LogP contribution >= 0.6 is 11.8 Å². The van der Waals surface area contributed by atoms with Crippen molar-refractivity contribution in [3.05, 3.63) is 30.0 Å². The van der Waals surface area contributed by atoms with Crippen molar-refractivity contribution >= 4 is 22.7 Å². The normalized spacial score (nSPS) is 13.6. The molecule has 0 bridgehead atoms. The summed E-state index contributed by atoms with van der Waals surface area (Å²) in [5.74, 6) is -1.76. The molecular weight excluding hydrogens is 232 g/mol. The third kappa shape index (κ3) is 2.36. The molecule has 86 valence electrons. The lowest BCUT2D eigenvalue weighted by molar-refractivity contribution is 0.252. The molecule has 0 spiro atoms. The molecule has 1 aromatic carbocycles. The molecule has 0 aliphatic heterocycles. The number of hydrogen-bond acceptors (Lipinski definition) is 3. The Morgan fingerprint density at radius 2 is 2.06 bits per heavy atom. The molecule has 0 fully saturated rings. The van der Waals surface area contributed by atoms with Gasteiger partial charge in [0.1, 0.15) is 11.3 Å². The monoisotopic (exact) mass is 243 g/mol. The smallest absolute Gasteiger partial charge is 0.288 e. The van der Waals surface area contributed by atoms with E-state index in [1.54, 1.807) is 18.2 Å². The van der Waals surface area contributed by atoms with Gasteiger partial charge in [-0.25, -0.2) is 0 Å². The predicted molar refractivity (Wildman–Crippen MR) is 60.7 cm³/mol. The highest BCUT2D eigenvalue weighted by Gasteiger charge is 2.10. The molecule has 2 aromatic rings. The molecule has 0 saturated heterocycles. The molecule has 1 atom stereocenters. The fraction of sp³-hybridized carbons (Fsp3) is 0.273. The Morgan fingerprint density at radius 1 is 1.31 bits per heavy atom. The maximum atomic E-state index is 12.2. The van der Waals surface area contributed by atoms with Crippen LogP contribution in [0.2, 0.25) is 0 Å². The van der Waals surface area contributed by atoms with Gasteiger partial charge < -0.3 is 10.2 Å². The Labute approximate surface area is 95.8 Å². The molecular formula is C11H11F2NOS. The van der Waals surface area contributed by atoms with Crippen LogP contribution in [0.5, 0.6) is 0 Å².